The van der Waals surface area contributed by atoms with Crippen LogP contribution >= 0.6 is 0 Å². The van der Waals surface area contributed by atoms with Crippen LogP contribution in [0.4, 0.5) is 0 Å². The molecule has 0 aromatic carbocycles. The highest BCUT2D eigenvalue weighted by Crippen LogP contribution is 2.33. The first-order chi connectivity index (χ1) is 9.48. The standard InChI is InChI=1S/C14H25N5O/c1-9(2)11-16-12(19-18-11)13(20)17-14(8-15)7-5-4-6-10(14)3/h9-10H,4-8,15H2,1-3H3,(H,17,20)(H,16,18,19). The number of carbonyl (C=O) groups excluding carboxylic acids is 1. The van der Waals surface area contributed by atoms with Crippen LogP contribution in [-0.2, 0) is 0 Å². The summed E-state index contributed by atoms with van der Waals surface area (Å²) >= 11 is 0. The highest BCUT2D eigenvalue weighted by molar-refractivity contribution is 5.91. The number of carbonyl (C=O) groups is 1. The van der Waals surface area contributed by atoms with Crippen LogP contribution in [0, 0.1) is 5.92 Å². The minimum atomic E-state index is -0.312. The highest BCUT2D eigenvalue weighted by Gasteiger charge is 2.39. The maximum absolute atomic E-state index is 12.3. The fourth-order valence-electron chi connectivity index (χ4n) is 2.87. The fraction of sp³-hybridized carbons (Fsp3) is 0.786. The lowest BCUT2D eigenvalue weighted by molar-refractivity contribution is 0.0802. The average molecular weight is 279 g/mol. The van der Waals surface area contributed by atoms with Gasteiger partial charge in [0.2, 0.25) is 5.82 Å². The number of hydrogen-bond donors (Lipinski definition) is 3. The van der Waals surface area contributed by atoms with Crippen LogP contribution in [0.3, 0.4) is 0 Å². The Kier molecular flexibility index (Phi) is 4.42. The maximum Gasteiger partial charge on any atom is 0.291 e. The summed E-state index contributed by atoms with van der Waals surface area (Å²) in [4.78, 5) is 16.6. The first-order valence-electron chi connectivity index (χ1n) is 7.43. The summed E-state index contributed by atoms with van der Waals surface area (Å²) in [6, 6.07) is 0. The van der Waals surface area contributed by atoms with Gasteiger partial charge in [0.05, 0.1) is 5.54 Å². The smallest absolute Gasteiger partial charge is 0.291 e. The second-order valence-electron chi connectivity index (χ2n) is 6.16. The number of nitrogens with one attached hydrogen (secondary N) is 2. The minimum absolute atomic E-state index is 0.208. The van der Waals surface area contributed by atoms with E-state index in [0.29, 0.717) is 12.5 Å². The van der Waals surface area contributed by atoms with Gasteiger partial charge in [0.15, 0.2) is 0 Å². The molecule has 0 radical (unpaired) electrons. The van der Waals surface area contributed by atoms with Crippen molar-refractivity contribution >= 4 is 5.91 Å². The molecule has 0 spiro atoms. The zero-order chi connectivity index (χ0) is 14.8. The van der Waals surface area contributed by atoms with E-state index in [1.54, 1.807) is 0 Å². The van der Waals surface area contributed by atoms with Gasteiger partial charge in [0, 0.05) is 12.5 Å². The lowest BCUT2D eigenvalue weighted by atomic mass is 9.73. The van der Waals surface area contributed by atoms with Crippen LogP contribution in [0.1, 0.15) is 68.8 Å². The molecule has 1 aromatic heterocycles. The Hall–Kier alpha value is -1.43. The van der Waals surface area contributed by atoms with Crippen molar-refractivity contribution in [2.45, 2.75) is 57.9 Å². The van der Waals surface area contributed by atoms with Crippen molar-refractivity contribution in [3.05, 3.63) is 11.6 Å². The number of amides is 1. The van der Waals surface area contributed by atoms with E-state index >= 15 is 0 Å². The van der Waals surface area contributed by atoms with Gasteiger partial charge >= 0.3 is 0 Å². The van der Waals surface area contributed by atoms with Crippen molar-refractivity contribution in [3.8, 4) is 0 Å². The Bertz CT molecular complexity index is 470. The molecule has 1 amide bonds. The molecule has 0 saturated heterocycles. The number of aromatic amines is 1. The predicted octanol–water partition coefficient (Wildman–Crippen LogP) is 1.57. The van der Waals surface area contributed by atoms with E-state index in [1.807, 2.05) is 13.8 Å². The third kappa shape index (κ3) is 2.85. The van der Waals surface area contributed by atoms with Gasteiger partial charge in [-0.15, -0.1) is 5.10 Å². The third-order valence-corrected chi connectivity index (χ3v) is 4.43. The third-order valence-electron chi connectivity index (χ3n) is 4.43. The molecule has 6 heteroatoms. The van der Waals surface area contributed by atoms with Crippen LogP contribution in [0.2, 0.25) is 0 Å². The molecule has 2 rings (SSSR count). The van der Waals surface area contributed by atoms with E-state index in [-0.39, 0.29) is 23.2 Å². The quantitative estimate of drug-likeness (QED) is 0.779. The molecule has 0 aliphatic heterocycles. The molecule has 1 saturated carbocycles. The van der Waals surface area contributed by atoms with Gasteiger partial charge < -0.3 is 11.1 Å². The lowest BCUT2D eigenvalue weighted by Gasteiger charge is -2.42. The molecule has 1 fully saturated rings. The van der Waals surface area contributed by atoms with E-state index in [4.69, 9.17) is 5.73 Å². The first kappa shape index (κ1) is 15.0. The number of rotatable bonds is 4. The van der Waals surface area contributed by atoms with Crippen LogP contribution < -0.4 is 11.1 Å². The van der Waals surface area contributed by atoms with Crippen molar-refractivity contribution in [1.82, 2.24) is 20.5 Å². The molecular formula is C14H25N5O. The topological polar surface area (TPSA) is 96.7 Å². The molecule has 4 N–H and O–H groups in total. The second kappa shape index (κ2) is 5.91. The predicted molar refractivity (Wildman–Crippen MR) is 77.4 cm³/mol. The second-order valence-corrected chi connectivity index (χ2v) is 6.16. The summed E-state index contributed by atoms with van der Waals surface area (Å²) in [5.41, 5.74) is 5.63. The van der Waals surface area contributed by atoms with Gasteiger partial charge in [0.1, 0.15) is 5.82 Å². The highest BCUT2D eigenvalue weighted by atomic mass is 16.2. The molecule has 0 bridgehead atoms. The molecule has 20 heavy (non-hydrogen) atoms. The van der Waals surface area contributed by atoms with E-state index in [9.17, 15) is 4.79 Å². The molecule has 1 aliphatic rings. The number of nitrogens with two attached hydrogens (primary N) is 1. The van der Waals surface area contributed by atoms with Gasteiger partial charge in [-0.05, 0) is 18.8 Å². The molecule has 1 aromatic rings. The summed E-state index contributed by atoms with van der Waals surface area (Å²) in [5, 5.41) is 9.91. The Morgan fingerprint density at radius 3 is 2.85 bits per heavy atom. The first-order valence-corrected chi connectivity index (χ1v) is 7.43. The van der Waals surface area contributed by atoms with E-state index < -0.39 is 0 Å². The van der Waals surface area contributed by atoms with Crippen LogP contribution in [0.25, 0.3) is 0 Å². The van der Waals surface area contributed by atoms with Crippen molar-refractivity contribution in [3.63, 3.8) is 0 Å². The Morgan fingerprint density at radius 2 is 2.30 bits per heavy atom. The summed E-state index contributed by atoms with van der Waals surface area (Å²) in [5.74, 6) is 1.31. The number of H-pyrrole nitrogens is 1. The zero-order valence-electron chi connectivity index (χ0n) is 12.6. The molecule has 1 aliphatic carbocycles. The molecular weight excluding hydrogens is 254 g/mol. The molecule has 1 heterocycles. The van der Waals surface area contributed by atoms with Gasteiger partial charge in [-0.3, -0.25) is 9.89 Å². The summed E-state index contributed by atoms with van der Waals surface area (Å²) in [6.07, 6.45) is 4.34. The van der Waals surface area contributed by atoms with Crippen molar-refractivity contribution in [1.29, 1.82) is 0 Å². The Balaban J connectivity index is 2.12. The SMILES string of the molecule is CC(C)c1nc(C(=O)NC2(CN)CCCCC2C)n[nH]1. The monoisotopic (exact) mass is 279 g/mol. The molecule has 2 atom stereocenters. The number of aromatic nitrogens is 3. The normalized spacial score (nSPS) is 26.8. The fourth-order valence-corrected chi connectivity index (χ4v) is 2.87. The van der Waals surface area contributed by atoms with Crippen molar-refractivity contribution < 1.29 is 4.79 Å². The van der Waals surface area contributed by atoms with E-state index in [2.05, 4.69) is 27.4 Å². The van der Waals surface area contributed by atoms with E-state index in [0.717, 1.165) is 25.1 Å². The van der Waals surface area contributed by atoms with Gasteiger partial charge in [0.25, 0.3) is 5.91 Å². The average Bonchev–Trinajstić information content (AvgIpc) is 2.91. The molecule has 6 nitrogen and oxygen atoms in total. The summed E-state index contributed by atoms with van der Waals surface area (Å²) in [6.45, 7) is 6.63. The van der Waals surface area contributed by atoms with Crippen LogP contribution in [0.15, 0.2) is 0 Å². The summed E-state index contributed by atoms with van der Waals surface area (Å²) < 4.78 is 0. The molecule has 2 unspecified atom stereocenters. The van der Waals surface area contributed by atoms with Gasteiger partial charge in [-0.1, -0.05) is 33.6 Å². The number of hydrogen-bond acceptors (Lipinski definition) is 4. The van der Waals surface area contributed by atoms with E-state index in [1.165, 1.54) is 6.42 Å². The van der Waals surface area contributed by atoms with Crippen LogP contribution in [0.5, 0.6) is 0 Å². The maximum atomic E-state index is 12.3. The minimum Gasteiger partial charge on any atom is -0.342 e. The van der Waals surface area contributed by atoms with Crippen molar-refractivity contribution in [2.75, 3.05) is 6.54 Å². The lowest BCUT2D eigenvalue weighted by Crippen LogP contribution is -2.59. The molecule has 112 valence electrons. The largest absolute Gasteiger partial charge is 0.342 e. The summed E-state index contributed by atoms with van der Waals surface area (Å²) in [7, 11) is 0. The van der Waals surface area contributed by atoms with Gasteiger partial charge in [-0.25, -0.2) is 4.98 Å². The Morgan fingerprint density at radius 1 is 1.55 bits per heavy atom. The van der Waals surface area contributed by atoms with Crippen molar-refractivity contribution in [2.24, 2.45) is 11.7 Å². The number of nitrogens with zero attached hydrogens (tertiary/aromatic N) is 2. The van der Waals surface area contributed by atoms with Gasteiger partial charge in [-0.2, -0.15) is 0 Å². The van der Waals surface area contributed by atoms with Crippen LogP contribution in [-0.4, -0.2) is 33.2 Å². The Labute approximate surface area is 119 Å². The zero-order valence-corrected chi connectivity index (χ0v) is 12.6.